The Kier molecular flexibility index (Phi) is 5.11. The van der Waals surface area contributed by atoms with Gasteiger partial charge >= 0.3 is 0 Å². The maximum Gasteiger partial charge on any atom is 0.139 e. The summed E-state index contributed by atoms with van der Waals surface area (Å²) in [5.74, 6) is 1.36. The minimum Gasteiger partial charge on any atom is -0.396 e. The van der Waals surface area contributed by atoms with E-state index in [4.69, 9.17) is 5.11 Å². The van der Waals surface area contributed by atoms with E-state index >= 15 is 0 Å². The molecule has 0 aliphatic carbocycles. The Balaban J connectivity index is 2.82. The van der Waals surface area contributed by atoms with E-state index in [1.165, 1.54) is 11.8 Å². The van der Waals surface area contributed by atoms with Crippen molar-refractivity contribution in [3.8, 4) is 0 Å². The molecule has 48 valence electrons. The Morgan fingerprint density at radius 1 is 1.75 bits per heavy atom. The molecule has 0 radical (unpaired) electrons. The predicted octanol–water partition coefficient (Wildman–Crippen LogP) is 0.301. The van der Waals surface area contributed by atoms with Gasteiger partial charge in [0.2, 0.25) is 0 Å². The zero-order valence-corrected chi connectivity index (χ0v) is 5.70. The number of rotatable bonds is 4. The third kappa shape index (κ3) is 5.98. The summed E-state index contributed by atoms with van der Waals surface area (Å²) < 4.78 is 0. The van der Waals surface area contributed by atoms with Crippen LogP contribution >= 0.6 is 11.8 Å². The molecule has 1 N–H and O–H groups in total. The maximum atomic E-state index is 10.2. The van der Waals surface area contributed by atoms with Crippen LogP contribution in [0.15, 0.2) is 0 Å². The molecule has 0 aromatic carbocycles. The van der Waals surface area contributed by atoms with Crippen LogP contribution in [0.25, 0.3) is 0 Å². The molecule has 2 nitrogen and oxygen atoms in total. The van der Waals surface area contributed by atoms with Gasteiger partial charge in [0, 0.05) is 5.75 Å². The van der Waals surface area contributed by atoms with E-state index in [9.17, 15) is 4.79 Å². The average molecular weight is 134 g/mol. The molecule has 3 heteroatoms. The van der Waals surface area contributed by atoms with Crippen LogP contribution in [0, 0.1) is 0 Å². The highest BCUT2D eigenvalue weighted by atomic mass is 32.2. The summed E-state index contributed by atoms with van der Waals surface area (Å²) >= 11 is 1.46. The summed E-state index contributed by atoms with van der Waals surface area (Å²) in [5.41, 5.74) is 0. The maximum absolute atomic E-state index is 10.2. The van der Waals surface area contributed by atoms with E-state index in [0.29, 0.717) is 11.5 Å². The van der Waals surface area contributed by atoms with E-state index in [0.717, 1.165) is 0 Å². The van der Waals surface area contributed by atoms with Gasteiger partial charge in [0.15, 0.2) is 0 Å². The fourth-order valence-corrected chi connectivity index (χ4v) is 0.841. The lowest BCUT2D eigenvalue weighted by atomic mass is 10.5. The highest BCUT2D eigenvalue weighted by Gasteiger charge is 1.90. The van der Waals surface area contributed by atoms with Gasteiger partial charge in [-0.25, -0.2) is 0 Å². The standard InChI is InChI=1S/C5H10O2S/c1-5(7)4-8-3-2-6/h6H,2-4H2,1H3. The monoisotopic (exact) mass is 134 g/mol. The largest absolute Gasteiger partial charge is 0.396 e. The van der Waals surface area contributed by atoms with Gasteiger partial charge in [-0.15, -0.1) is 0 Å². The van der Waals surface area contributed by atoms with E-state index in [-0.39, 0.29) is 12.4 Å². The lowest BCUT2D eigenvalue weighted by Gasteiger charge is -1.90. The van der Waals surface area contributed by atoms with Crippen molar-refractivity contribution in [3.05, 3.63) is 0 Å². The Labute approximate surface area is 53.3 Å². The first-order chi connectivity index (χ1) is 3.77. The molecule has 0 atom stereocenters. The molecular weight excluding hydrogens is 124 g/mol. The molecule has 0 aliphatic heterocycles. The highest BCUT2D eigenvalue weighted by Crippen LogP contribution is 1.96. The SMILES string of the molecule is CC(=O)CSCCO. The van der Waals surface area contributed by atoms with Gasteiger partial charge in [0.25, 0.3) is 0 Å². The topological polar surface area (TPSA) is 37.3 Å². The summed E-state index contributed by atoms with van der Waals surface area (Å²) in [5, 5.41) is 8.25. The summed E-state index contributed by atoms with van der Waals surface area (Å²) in [6.45, 7) is 1.71. The molecule has 0 heterocycles. The minimum absolute atomic E-state index is 0.165. The summed E-state index contributed by atoms with van der Waals surface area (Å²) in [7, 11) is 0. The number of aliphatic hydroxyl groups excluding tert-OH is 1. The normalized spacial score (nSPS) is 9.25. The molecule has 0 rings (SSSR count). The van der Waals surface area contributed by atoms with Gasteiger partial charge in [-0.1, -0.05) is 0 Å². The third-order valence-corrected chi connectivity index (χ3v) is 1.62. The van der Waals surface area contributed by atoms with Crippen LogP contribution in [0.2, 0.25) is 0 Å². The van der Waals surface area contributed by atoms with Gasteiger partial charge in [0.05, 0.1) is 12.4 Å². The zero-order valence-electron chi connectivity index (χ0n) is 4.89. The Morgan fingerprint density at radius 3 is 2.75 bits per heavy atom. The smallest absolute Gasteiger partial charge is 0.139 e. The molecular formula is C5H10O2S. The molecule has 0 spiro atoms. The molecule has 0 amide bonds. The second kappa shape index (κ2) is 5.12. The lowest BCUT2D eigenvalue weighted by Crippen LogP contribution is -1.96. The number of hydrogen-bond donors (Lipinski definition) is 1. The minimum atomic E-state index is 0.165. The Bertz CT molecular complexity index is 72.8. The van der Waals surface area contributed by atoms with Crippen molar-refractivity contribution in [1.29, 1.82) is 0 Å². The van der Waals surface area contributed by atoms with Crippen molar-refractivity contribution in [2.75, 3.05) is 18.1 Å². The number of thioether (sulfide) groups is 1. The zero-order chi connectivity index (χ0) is 6.41. The summed E-state index contributed by atoms with van der Waals surface area (Å²) in [4.78, 5) is 10.2. The molecule has 0 saturated heterocycles. The van der Waals surface area contributed by atoms with Crippen LogP contribution in [0.1, 0.15) is 6.92 Å². The quantitative estimate of drug-likeness (QED) is 0.562. The molecule has 0 aromatic rings. The predicted molar refractivity (Wildman–Crippen MR) is 35.1 cm³/mol. The van der Waals surface area contributed by atoms with Crippen molar-refractivity contribution in [3.63, 3.8) is 0 Å². The van der Waals surface area contributed by atoms with Crippen molar-refractivity contribution in [2.24, 2.45) is 0 Å². The number of Topliss-reactive ketones (excluding diaryl/α,β-unsaturated/α-hetero) is 1. The number of carbonyl (C=O) groups excluding carboxylic acids is 1. The first-order valence-corrected chi connectivity index (χ1v) is 3.61. The summed E-state index contributed by atoms with van der Waals surface area (Å²) in [6, 6.07) is 0. The van der Waals surface area contributed by atoms with Crippen LogP contribution < -0.4 is 0 Å². The number of aliphatic hydroxyl groups is 1. The van der Waals surface area contributed by atoms with Crippen LogP contribution in [-0.4, -0.2) is 29.0 Å². The van der Waals surface area contributed by atoms with Crippen LogP contribution in [0.3, 0.4) is 0 Å². The van der Waals surface area contributed by atoms with E-state index in [1.807, 2.05) is 0 Å². The number of hydrogen-bond acceptors (Lipinski definition) is 3. The van der Waals surface area contributed by atoms with E-state index in [2.05, 4.69) is 0 Å². The second-order valence-corrected chi connectivity index (χ2v) is 2.58. The van der Waals surface area contributed by atoms with Gasteiger partial charge in [-0.2, -0.15) is 11.8 Å². The molecule has 0 bridgehead atoms. The first-order valence-electron chi connectivity index (χ1n) is 2.45. The van der Waals surface area contributed by atoms with E-state index < -0.39 is 0 Å². The Morgan fingerprint density at radius 2 is 2.38 bits per heavy atom. The van der Waals surface area contributed by atoms with Crippen LogP contribution in [-0.2, 0) is 4.79 Å². The van der Waals surface area contributed by atoms with Gasteiger partial charge in [0.1, 0.15) is 5.78 Å². The van der Waals surface area contributed by atoms with Crippen molar-refractivity contribution < 1.29 is 9.90 Å². The summed E-state index contributed by atoms with van der Waals surface area (Å²) in [6.07, 6.45) is 0. The molecule has 0 saturated carbocycles. The molecule has 0 fully saturated rings. The first kappa shape index (κ1) is 7.98. The van der Waals surface area contributed by atoms with Crippen molar-refractivity contribution >= 4 is 17.5 Å². The lowest BCUT2D eigenvalue weighted by molar-refractivity contribution is -0.114. The van der Waals surface area contributed by atoms with Crippen molar-refractivity contribution in [1.82, 2.24) is 0 Å². The van der Waals surface area contributed by atoms with Crippen LogP contribution in [0.4, 0.5) is 0 Å². The number of carbonyl (C=O) groups is 1. The van der Waals surface area contributed by atoms with E-state index in [1.54, 1.807) is 6.92 Å². The number of ketones is 1. The second-order valence-electron chi connectivity index (χ2n) is 1.48. The molecule has 8 heavy (non-hydrogen) atoms. The van der Waals surface area contributed by atoms with Crippen molar-refractivity contribution in [2.45, 2.75) is 6.92 Å². The highest BCUT2D eigenvalue weighted by molar-refractivity contribution is 7.99. The average Bonchev–Trinajstić information content (AvgIpc) is 1.66. The molecule has 0 unspecified atom stereocenters. The third-order valence-electron chi connectivity index (χ3n) is 0.541. The van der Waals surface area contributed by atoms with Gasteiger partial charge < -0.3 is 5.11 Å². The fourth-order valence-electron chi connectivity index (χ4n) is 0.280. The fraction of sp³-hybridized carbons (Fsp3) is 0.800. The van der Waals surface area contributed by atoms with Gasteiger partial charge in [-0.05, 0) is 6.92 Å². The molecule has 0 aliphatic rings. The molecule has 0 aromatic heterocycles. The van der Waals surface area contributed by atoms with Gasteiger partial charge in [-0.3, -0.25) is 4.79 Å². The Hall–Kier alpha value is -0.0200. The van der Waals surface area contributed by atoms with Crippen LogP contribution in [0.5, 0.6) is 0 Å².